The van der Waals surface area contributed by atoms with Gasteiger partial charge in [0.2, 0.25) is 5.91 Å². The Morgan fingerprint density at radius 3 is 2.79 bits per heavy atom. The van der Waals surface area contributed by atoms with Crippen molar-refractivity contribution in [2.75, 3.05) is 20.2 Å². The number of thioether (sulfide) groups is 1. The highest BCUT2D eigenvalue weighted by molar-refractivity contribution is 8.18. The Hall–Kier alpha value is -2.37. The molecule has 0 aromatic carbocycles. The Morgan fingerprint density at radius 1 is 1.45 bits per heavy atom. The van der Waals surface area contributed by atoms with Crippen molar-refractivity contribution in [3.63, 3.8) is 0 Å². The van der Waals surface area contributed by atoms with Crippen molar-refractivity contribution in [1.82, 2.24) is 25.5 Å². The van der Waals surface area contributed by atoms with Gasteiger partial charge in [-0.25, -0.2) is 4.98 Å². The van der Waals surface area contributed by atoms with Crippen LogP contribution in [-0.2, 0) is 20.7 Å². The highest BCUT2D eigenvalue weighted by Crippen LogP contribution is 2.24. The van der Waals surface area contributed by atoms with Crippen LogP contribution in [0.3, 0.4) is 0 Å². The zero-order valence-electron chi connectivity index (χ0n) is 15.8. The maximum Gasteiger partial charge on any atom is 0.290 e. The van der Waals surface area contributed by atoms with Gasteiger partial charge in [0.15, 0.2) is 11.0 Å². The quantitative estimate of drug-likeness (QED) is 0.576. The van der Waals surface area contributed by atoms with Gasteiger partial charge >= 0.3 is 0 Å². The van der Waals surface area contributed by atoms with Gasteiger partial charge in [-0.2, -0.15) is 0 Å². The van der Waals surface area contributed by atoms with Gasteiger partial charge in [-0.15, -0.1) is 0 Å². The minimum Gasteiger partial charge on any atom is -0.377 e. The molecule has 3 rings (SSSR count). The molecule has 2 atom stereocenters. The SMILES string of the molecule is CCc1[nH]c(C(=O)NC2CCN(C(=O)C=C3SC(=O)NC3=O)CC2OC)nc1Cl. The number of aryl methyl sites for hydroxylation is 1. The Labute approximate surface area is 175 Å². The molecule has 10 nitrogen and oxygen atoms in total. The Balaban J connectivity index is 1.62. The van der Waals surface area contributed by atoms with E-state index < -0.39 is 29.1 Å². The van der Waals surface area contributed by atoms with E-state index in [0.29, 0.717) is 36.8 Å². The van der Waals surface area contributed by atoms with Crippen LogP contribution in [0, 0.1) is 0 Å². The predicted octanol–water partition coefficient (Wildman–Crippen LogP) is 0.838. The summed E-state index contributed by atoms with van der Waals surface area (Å²) in [7, 11) is 1.49. The molecule has 2 aliphatic heterocycles. The van der Waals surface area contributed by atoms with E-state index in [1.807, 2.05) is 6.92 Å². The first-order valence-electron chi connectivity index (χ1n) is 8.94. The summed E-state index contributed by atoms with van der Waals surface area (Å²) in [5, 5.41) is 4.73. The number of ether oxygens (including phenoxy) is 1. The van der Waals surface area contributed by atoms with Crippen LogP contribution in [0.1, 0.15) is 29.7 Å². The molecule has 0 saturated carbocycles. The molecule has 0 bridgehead atoms. The van der Waals surface area contributed by atoms with Crippen molar-refractivity contribution >= 4 is 46.3 Å². The standard InChI is InChI=1S/C17H20ClN5O5S/c1-3-8-13(18)21-14(19-8)16(26)20-9-4-5-23(7-10(9)28-2)12(24)6-11-15(25)22-17(27)29-11/h6,9-10H,3-5,7H2,1-2H3,(H,19,21)(H,20,26)(H,22,25,27). The van der Waals surface area contributed by atoms with Gasteiger partial charge in [-0.1, -0.05) is 18.5 Å². The fourth-order valence-electron chi connectivity index (χ4n) is 3.11. The Bertz CT molecular complexity index is 886. The monoisotopic (exact) mass is 441 g/mol. The van der Waals surface area contributed by atoms with Gasteiger partial charge in [0.05, 0.1) is 22.7 Å². The molecule has 0 radical (unpaired) electrons. The number of hydrogen-bond acceptors (Lipinski definition) is 7. The molecule has 2 unspecified atom stereocenters. The van der Waals surface area contributed by atoms with Gasteiger partial charge in [-0.05, 0) is 24.6 Å². The lowest BCUT2D eigenvalue weighted by Crippen LogP contribution is -2.56. The first kappa shape index (κ1) is 21.3. The van der Waals surface area contributed by atoms with E-state index in [9.17, 15) is 19.2 Å². The van der Waals surface area contributed by atoms with Crippen molar-refractivity contribution in [2.45, 2.75) is 31.9 Å². The zero-order valence-corrected chi connectivity index (χ0v) is 17.4. The highest BCUT2D eigenvalue weighted by Gasteiger charge is 2.34. The number of amides is 4. The largest absolute Gasteiger partial charge is 0.377 e. The summed E-state index contributed by atoms with van der Waals surface area (Å²) in [6, 6.07) is -0.330. The number of carbonyl (C=O) groups is 4. The summed E-state index contributed by atoms with van der Waals surface area (Å²) in [5.74, 6) is -1.26. The van der Waals surface area contributed by atoms with E-state index in [1.54, 1.807) is 0 Å². The Morgan fingerprint density at radius 2 is 2.21 bits per heavy atom. The van der Waals surface area contributed by atoms with Crippen LogP contribution in [-0.4, -0.2) is 70.2 Å². The number of imide groups is 1. The second kappa shape index (κ2) is 8.97. The topological polar surface area (TPSA) is 133 Å². The van der Waals surface area contributed by atoms with Crippen LogP contribution in [0.25, 0.3) is 0 Å². The van der Waals surface area contributed by atoms with Crippen LogP contribution < -0.4 is 10.6 Å². The van der Waals surface area contributed by atoms with Gasteiger partial charge in [-0.3, -0.25) is 24.5 Å². The summed E-state index contributed by atoms with van der Waals surface area (Å²) < 4.78 is 5.45. The first-order chi connectivity index (χ1) is 13.8. The third kappa shape index (κ3) is 4.80. The van der Waals surface area contributed by atoms with Crippen molar-refractivity contribution in [1.29, 1.82) is 0 Å². The lowest BCUT2D eigenvalue weighted by Gasteiger charge is -2.37. The van der Waals surface area contributed by atoms with Crippen molar-refractivity contribution < 1.29 is 23.9 Å². The fourth-order valence-corrected chi connectivity index (χ4v) is 4.02. The lowest BCUT2D eigenvalue weighted by molar-refractivity contribution is -0.130. The molecule has 1 aromatic heterocycles. The maximum atomic E-state index is 12.5. The molecule has 3 heterocycles. The van der Waals surface area contributed by atoms with Crippen molar-refractivity contribution in [2.24, 2.45) is 0 Å². The van der Waals surface area contributed by atoms with Crippen LogP contribution in [0.2, 0.25) is 5.15 Å². The van der Waals surface area contributed by atoms with Gasteiger partial charge < -0.3 is 19.9 Å². The van der Waals surface area contributed by atoms with Crippen LogP contribution in [0.5, 0.6) is 0 Å². The summed E-state index contributed by atoms with van der Waals surface area (Å²) in [4.78, 5) is 56.2. The fraction of sp³-hybridized carbons (Fsp3) is 0.471. The number of methoxy groups -OCH3 is 1. The molecule has 12 heteroatoms. The van der Waals surface area contributed by atoms with E-state index >= 15 is 0 Å². The van der Waals surface area contributed by atoms with Gasteiger partial charge in [0.25, 0.3) is 17.1 Å². The molecule has 0 spiro atoms. The lowest BCUT2D eigenvalue weighted by atomic mass is 10.0. The van der Waals surface area contributed by atoms with E-state index in [4.69, 9.17) is 16.3 Å². The number of imidazole rings is 1. The zero-order chi connectivity index (χ0) is 21.1. The third-order valence-corrected chi connectivity index (χ3v) is 5.81. The number of likely N-dealkylation sites (tertiary alicyclic amines) is 1. The van der Waals surface area contributed by atoms with Crippen molar-refractivity contribution in [3.8, 4) is 0 Å². The minimum atomic E-state index is -0.581. The van der Waals surface area contributed by atoms with Crippen LogP contribution >= 0.6 is 23.4 Å². The summed E-state index contributed by atoms with van der Waals surface area (Å²) in [5.41, 5.74) is 0.681. The number of piperidine rings is 1. The summed E-state index contributed by atoms with van der Waals surface area (Å²) >= 11 is 6.67. The number of halogens is 1. The first-order valence-corrected chi connectivity index (χ1v) is 10.1. The third-order valence-electron chi connectivity index (χ3n) is 4.68. The predicted molar refractivity (Wildman–Crippen MR) is 105 cm³/mol. The summed E-state index contributed by atoms with van der Waals surface area (Å²) in [6.45, 7) is 2.48. The van der Waals surface area contributed by atoms with Crippen LogP contribution in [0.15, 0.2) is 11.0 Å². The average molecular weight is 442 g/mol. The molecular weight excluding hydrogens is 422 g/mol. The highest BCUT2D eigenvalue weighted by atomic mass is 35.5. The number of aromatic nitrogens is 2. The molecule has 4 amide bonds. The minimum absolute atomic E-state index is 0.0609. The maximum absolute atomic E-state index is 12.5. The number of H-pyrrole nitrogens is 1. The number of carbonyl (C=O) groups excluding carboxylic acids is 4. The Kier molecular flexibility index (Phi) is 6.60. The molecule has 2 saturated heterocycles. The summed E-state index contributed by atoms with van der Waals surface area (Å²) in [6.07, 6.45) is 1.77. The smallest absolute Gasteiger partial charge is 0.290 e. The number of aromatic amines is 1. The molecular formula is C17H20ClN5O5S. The van der Waals surface area contributed by atoms with Gasteiger partial charge in [0, 0.05) is 26.3 Å². The van der Waals surface area contributed by atoms with E-state index in [0.717, 1.165) is 6.08 Å². The molecule has 2 fully saturated rings. The molecule has 156 valence electrons. The number of rotatable bonds is 5. The van der Waals surface area contributed by atoms with E-state index in [-0.39, 0.29) is 28.5 Å². The number of nitrogens with one attached hydrogen (secondary N) is 3. The number of nitrogens with zero attached hydrogens (tertiary/aromatic N) is 2. The molecule has 2 aliphatic rings. The molecule has 1 aromatic rings. The molecule has 29 heavy (non-hydrogen) atoms. The van der Waals surface area contributed by atoms with E-state index in [1.165, 1.54) is 12.0 Å². The van der Waals surface area contributed by atoms with Gasteiger partial charge in [0.1, 0.15) is 0 Å². The second-order valence-electron chi connectivity index (χ2n) is 6.49. The van der Waals surface area contributed by atoms with Crippen molar-refractivity contribution in [3.05, 3.63) is 27.7 Å². The number of hydrogen-bond donors (Lipinski definition) is 3. The second-order valence-corrected chi connectivity index (χ2v) is 7.86. The average Bonchev–Trinajstić information content (AvgIpc) is 3.22. The normalized spacial score (nSPS) is 23.4. The van der Waals surface area contributed by atoms with E-state index in [2.05, 4.69) is 20.6 Å². The molecule has 3 N–H and O–H groups in total. The molecule has 0 aliphatic carbocycles. The van der Waals surface area contributed by atoms with Crippen LogP contribution in [0.4, 0.5) is 4.79 Å².